The van der Waals surface area contributed by atoms with Crippen molar-refractivity contribution in [3.05, 3.63) is 111 Å². The van der Waals surface area contributed by atoms with Crippen molar-refractivity contribution >= 4 is 35.0 Å². The Hall–Kier alpha value is -4.78. The van der Waals surface area contributed by atoms with E-state index in [2.05, 4.69) is 6.92 Å². The summed E-state index contributed by atoms with van der Waals surface area (Å²) in [7, 11) is 0. The minimum absolute atomic E-state index is 0.230. The number of imide groups is 2. The van der Waals surface area contributed by atoms with Crippen LogP contribution in [0, 0.1) is 34.6 Å². The SMILES string of the molecule is Cc1cc(CCc2cc(O)cc(CCc3cc(C)c(N4C(=O)C=CC4=O)c(C)c3)c2C)cc(C)c1N1C(=O)C=CC1=O. The van der Waals surface area contributed by atoms with Crippen LogP contribution in [0.3, 0.4) is 0 Å². The lowest BCUT2D eigenvalue weighted by atomic mass is 9.92. The first kappa shape index (κ1) is 28.7. The molecular formula is C35H34N2O5. The van der Waals surface area contributed by atoms with Crippen molar-refractivity contribution in [2.24, 2.45) is 0 Å². The van der Waals surface area contributed by atoms with Crippen LogP contribution in [0.2, 0.25) is 0 Å². The largest absolute Gasteiger partial charge is 0.508 e. The maximum absolute atomic E-state index is 12.2. The third kappa shape index (κ3) is 5.42. The van der Waals surface area contributed by atoms with Crippen LogP contribution in [0.5, 0.6) is 5.75 Å². The van der Waals surface area contributed by atoms with E-state index in [1.54, 1.807) is 0 Å². The number of hydrogen-bond acceptors (Lipinski definition) is 5. The standard InChI is InChI=1S/C35H34N2O5/c1-20-14-25(15-21(2)34(20)36-30(39)10-11-31(36)40)6-8-27-18-29(38)19-28(24(27)5)9-7-26-16-22(3)35(23(4)17-26)37-32(41)12-13-33(37)42/h10-19,38H,6-9H2,1-5H3. The van der Waals surface area contributed by atoms with E-state index in [0.29, 0.717) is 11.4 Å². The van der Waals surface area contributed by atoms with Gasteiger partial charge >= 0.3 is 0 Å². The molecule has 0 unspecified atom stereocenters. The molecule has 0 radical (unpaired) electrons. The zero-order valence-electron chi connectivity index (χ0n) is 24.6. The third-order valence-electron chi connectivity index (χ3n) is 8.14. The highest BCUT2D eigenvalue weighted by Crippen LogP contribution is 2.32. The van der Waals surface area contributed by atoms with E-state index in [1.165, 1.54) is 34.1 Å². The number of hydrogen-bond donors (Lipinski definition) is 1. The van der Waals surface area contributed by atoms with Crippen LogP contribution in [-0.4, -0.2) is 28.7 Å². The normalized spacial score (nSPS) is 14.7. The van der Waals surface area contributed by atoms with Crippen molar-refractivity contribution in [1.29, 1.82) is 0 Å². The number of carbonyl (C=O) groups excluding carboxylic acids is 4. The van der Waals surface area contributed by atoms with Crippen LogP contribution in [0.25, 0.3) is 0 Å². The molecule has 3 aromatic carbocycles. The minimum Gasteiger partial charge on any atom is -0.508 e. The fourth-order valence-corrected chi connectivity index (χ4v) is 6.23. The predicted molar refractivity (Wildman–Crippen MR) is 163 cm³/mol. The molecule has 5 rings (SSSR count). The lowest BCUT2D eigenvalue weighted by Gasteiger charge is -2.21. The maximum Gasteiger partial charge on any atom is 0.258 e. The van der Waals surface area contributed by atoms with Crippen molar-refractivity contribution in [3.63, 3.8) is 0 Å². The lowest BCUT2D eigenvalue weighted by Crippen LogP contribution is -2.31. The molecular weight excluding hydrogens is 528 g/mol. The molecule has 42 heavy (non-hydrogen) atoms. The highest BCUT2D eigenvalue weighted by atomic mass is 16.3. The van der Waals surface area contributed by atoms with Gasteiger partial charge in [0.25, 0.3) is 23.6 Å². The van der Waals surface area contributed by atoms with E-state index in [-0.39, 0.29) is 29.4 Å². The number of phenols is 1. The van der Waals surface area contributed by atoms with Gasteiger partial charge in [-0.25, -0.2) is 9.80 Å². The number of anilines is 2. The molecule has 0 spiro atoms. The number of aromatic hydroxyl groups is 1. The van der Waals surface area contributed by atoms with Crippen LogP contribution < -0.4 is 9.80 Å². The number of amides is 4. The Balaban J connectivity index is 1.30. The number of rotatable bonds is 8. The monoisotopic (exact) mass is 562 g/mol. The van der Waals surface area contributed by atoms with Gasteiger partial charge in [-0.1, -0.05) is 24.3 Å². The van der Waals surface area contributed by atoms with Crippen LogP contribution in [0.1, 0.15) is 50.1 Å². The van der Waals surface area contributed by atoms with Gasteiger partial charge in [-0.15, -0.1) is 0 Å². The minimum atomic E-state index is -0.322. The molecule has 0 saturated carbocycles. The van der Waals surface area contributed by atoms with Gasteiger partial charge in [0.05, 0.1) is 11.4 Å². The molecule has 2 heterocycles. The highest BCUT2D eigenvalue weighted by Gasteiger charge is 2.29. The van der Waals surface area contributed by atoms with E-state index >= 15 is 0 Å². The molecule has 0 aliphatic carbocycles. The van der Waals surface area contributed by atoms with Crippen LogP contribution >= 0.6 is 0 Å². The molecule has 7 heteroatoms. The molecule has 0 bridgehead atoms. The fourth-order valence-electron chi connectivity index (χ4n) is 6.23. The van der Waals surface area contributed by atoms with Crippen LogP contribution in [0.15, 0.2) is 60.7 Å². The fraction of sp³-hybridized carbons (Fsp3) is 0.257. The number of benzene rings is 3. The number of carbonyl (C=O) groups is 4. The van der Waals surface area contributed by atoms with E-state index in [1.807, 2.05) is 64.1 Å². The summed E-state index contributed by atoms with van der Waals surface area (Å²) >= 11 is 0. The number of phenolic OH excluding ortho intramolecular Hbond substituents is 1. The van der Waals surface area contributed by atoms with Gasteiger partial charge in [0.15, 0.2) is 0 Å². The summed E-state index contributed by atoms with van der Waals surface area (Å²) in [5.74, 6) is -1.06. The van der Waals surface area contributed by atoms with Gasteiger partial charge in [0, 0.05) is 24.3 Å². The molecule has 2 aliphatic heterocycles. The zero-order valence-corrected chi connectivity index (χ0v) is 24.6. The van der Waals surface area contributed by atoms with Gasteiger partial charge in [-0.3, -0.25) is 19.2 Å². The van der Waals surface area contributed by atoms with Crippen molar-refractivity contribution < 1.29 is 24.3 Å². The van der Waals surface area contributed by atoms with Gasteiger partial charge in [0.2, 0.25) is 0 Å². The summed E-state index contributed by atoms with van der Waals surface area (Å²) in [6, 6.07) is 11.7. The molecule has 0 fully saturated rings. The first-order chi connectivity index (χ1) is 19.9. The van der Waals surface area contributed by atoms with E-state index in [9.17, 15) is 24.3 Å². The Kier molecular flexibility index (Phi) is 7.69. The maximum atomic E-state index is 12.2. The second kappa shape index (κ2) is 11.2. The molecule has 0 saturated heterocycles. The van der Waals surface area contributed by atoms with Gasteiger partial charge < -0.3 is 5.11 Å². The van der Waals surface area contributed by atoms with Gasteiger partial charge in [0.1, 0.15) is 5.75 Å². The summed E-state index contributed by atoms with van der Waals surface area (Å²) < 4.78 is 0. The average Bonchev–Trinajstić information content (AvgIpc) is 3.42. The molecule has 7 nitrogen and oxygen atoms in total. The molecule has 214 valence electrons. The molecule has 0 atom stereocenters. The average molecular weight is 563 g/mol. The van der Waals surface area contributed by atoms with Crippen molar-refractivity contribution in [1.82, 2.24) is 0 Å². The third-order valence-corrected chi connectivity index (χ3v) is 8.14. The lowest BCUT2D eigenvalue weighted by molar-refractivity contribution is -0.121. The quantitative estimate of drug-likeness (QED) is 0.373. The summed E-state index contributed by atoms with van der Waals surface area (Å²) in [6.07, 6.45) is 8.14. The van der Waals surface area contributed by atoms with E-state index < -0.39 is 0 Å². The Bertz CT molecular complexity index is 1520. The van der Waals surface area contributed by atoms with Gasteiger partial charge in [-0.05, 0) is 123 Å². The second-order valence-electron chi connectivity index (χ2n) is 11.2. The molecule has 2 aliphatic rings. The summed E-state index contributed by atoms with van der Waals surface area (Å²) in [6.45, 7) is 9.73. The Morgan fingerprint density at radius 1 is 0.500 bits per heavy atom. The smallest absolute Gasteiger partial charge is 0.258 e. The molecule has 1 N–H and O–H groups in total. The van der Waals surface area contributed by atoms with Gasteiger partial charge in [-0.2, -0.15) is 0 Å². The van der Waals surface area contributed by atoms with Crippen LogP contribution in [-0.2, 0) is 44.9 Å². The first-order valence-corrected chi connectivity index (χ1v) is 14.1. The molecule has 0 aromatic heterocycles. The van der Waals surface area contributed by atoms with Crippen LogP contribution in [0.4, 0.5) is 11.4 Å². The van der Waals surface area contributed by atoms with Crippen molar-refractivity contribution in [3.8, 4) is 5.75 Å². The van der Waals surface area contributed by atoms with E-state index in [4.69, 9.17) is 0 Å². The van der Waals surface area contributed by atoms with Crippen molar-refractivity contribution in [2.75, 3.05) is 9.80 Å². The Labute approximate surface area is 245 Å². The first-order valence-electron chi connectivity index (χ1n) is 14.1. The summed E-state index contributed by atoms with van der Waals surface area (Å²) in [5, 5.41) is 10.6. The topological polar surface area (TPSA) is 95.0 Å². The number of aryl methyl sites for hydroxylation is 8. The second-order valence-corrected chi connectivity index (χ2v) is 11.2. The molecule has 3 aromatic rings. The zero-order chi connectivity index (χ0) is 30.3. The summed E-state index contributed by atoms with van der Waals surface area (Å²) in [4.78, 5) is 51.3. The summed E-state index contributed by atoms with van der Waals surface area (Å²) in [5.41, 5.74) is 10.2. The van der Waals surface area contributed by atoms with E-state index in [0.717, 1.165) is 75.8 Å². The predicted octanol–water partition coefficient (Wildman–Crippen LogP) is 5.36. The molecule has 4 amide bonds. The number of nitrogens with zero attached hydrogens (tertiary/aromatic N) is 2. The highest BCUT2D eigenvalue weighted by molar-refractivity contribution is 6.29. The van der Waals surface area contributed by atoms with Crippen molar-refractivity contribution in [2.45, 2.75) is 60.3 Å². The Morgan fingerprint density at radius 2 is 0.810 bits per heavy atom. The Morgan fingerprint density at radius 3 is 1.12 bits per heavy atom.